The van der Waals surface area contributed by atoms with Crippen LogP contribution in [0.4, 0.5) is 0 Å². The number of carboxylic acid groups (broad SMARTS) is 1. The maximum atomic E-state index is 10.8. The topological polar surface area (TPSA) is 91.8 Å². The number of aryl methyl sites for hydroxylation is 2. The Morgan fingerprint density at radius 3 is 2.64 bits per heavy atom. The molecule has 72 valence electrons. The molecule has 0 fully saturated rings. The molecule has 0 amide bonds. The lowest BCUT2D eigenvalue weighted by molar-refractivity contribution is 0.0692. The minimum atomic E-state index is -1.06. The van der Waals surface area contributed by atoms with Gasteiger partial charge in [0.1, 0.15) is 16.9 Å². The van der Waals surface area contributed by atoms with E-state index in [-0.39, 0.29) is 5.69 Å². The van der Waals surface area contributed by atoms with Crippen molar-refractivity contribution in [2.75, 3.05) is 0 Å². The van der Waals surface area contributed by atoms with E-state index in [1.165, 1.54) is 0 Å². The van der Waals surface area contributed by atoms with Gasteiger partial charge in [-0.1, -0.05) is 0 Å². The van der Waals surface area contributed by atoms with Gasteiger partial charge < -0.3 is 5.11 Å². The first-order chi connectivity index (χ1) is 6.59. The molecule has 0 aliphatic rings. The molecule has 2 aromatic heterocycles. The van der Waals surface area contributed by atoms with E-state index < -0.39 is 5.97 Å². The van der Waals surface area contributed by atoms with E-state index in [0.29, 0.717) is 22.6 Å². The van der Waals surface area contributed by atoms with Gasteiger partial charge in [-0.25, -0.2) is 14.8 Å². The molecule has 0 saturated carbocycles. The number of aromatic carboxylic acids is 1. The van der Waals surface area contributed by atoms with Crippen molar-refractivity contribution in [3.05, 3.63) is 17.2 Å². The van der Waals surface area contributed by atoms with Crippen LogP contribution < -0.4 is 0 Å². The smallest absolute Gasteiger partial charge is 0.356 e. The monoisotopic (exact) mass is 192 g/mol. The van der Waals surface area contributed by atoms with E-state index in [1.54, 1.807) is 13.8 Å². The number of carbonyl (C=O) groups is 1. The molecule has 2 rings (SSSR count). The average molecular weight is 192 g/mol. The minimum absolute atomic E-state index is 0.00796. The first kappa shape index (κ1) is 8.61. The summed E-state index contributed by atoms with van der Waals surface area (Å²) in [5, 5.41) is 15.1. The van der Waals surface area contributed by atoms with Gasteiger partial charge in [-0.15, -0.1) is 0 Å². The summed E-state index contributed by atoms with van der Waals surface area (Å²) in [4.78, 5) is 18.9. The molecule has 0 saturated heterocycles. The molecule has 14 heavy (non-hydrogen) atoms. The molecule has 0 aliphatic carbocycles. The van der Waals surface area contributed by atoms with Crippen molar-refractivity contribution >= 4 is 17.0 Å². The van der Waals surface area contributed by atoms with Crippen molar-refractivity contribution in [1.29, 1.82) is 0 Å². The second-order valence-corrected chi connectivity index (χ2v) is 2.96. The third-order valence-electron chi connectivity index (χ3n) is 1.90. The lowest BCUT2D eigenvalue weighted by atomic mass is 10.3. The average Bonchev–Trinajstić information content (AvgIpc) is 2.47. The van der Waals surface area contributed by atoms with Crippen LogP contribution in [-0.4, -0.2) is 31.2 Å². The molecule has 0 radical (unpaired) electrons. The number of nitrogens with zero attached hydrogens (tertiary/aromatic N) is 3. The Morgan fingerprint density at radius 1 is 1.29 bits per heavy atom. The summed E-state index contributed by atoms with van der Waals surface area (Å²) < 4.78 is 0. The highest BCUT2D eigenvalue weighted by molar-refractivity contribution is 5.99. The Hall–Kier alpha value is -1.98. The summed E-state index contributed by atoms with van der Waals surface area (Å²) in [6, 6.07) is 0. The molecule has 0 aliphatic heterocycles. The maximum absolute atomic E-state index is 10.8. The maximum Gasteiger partial charge on any atom is 0.356 e. The summed E-state index contributed by atoms with van der Waals surface area (Å²) >= 11 is 0. The largest absolute Gasteiger partial charge is 0.476 e. The summed E-state index contributed by atoms with van der Waals surface area (Å²) in [5.41, 5.74) is 1.56. The molecular formula is C8H8N4O2. The normalized spacial score (nSPS) is 10.7. The number of H-pyrrole nitrogens is 1. The van der Waals surface area contributed by atoms with Crippen molar-refractivity contribution in [1.82, 2.24) is 20.2 Å². The van der Waals surface area contributed by atoms with Gasteiger partial charge in [0.2, 0.25) is 0 Å². The van der Waals surface area contributed by atoms with Crippen LogP contribution in [0.2, 0.25) is 0 Å². The van der Waals surface area contributed by atoms with Gasteiger partial charge >= 0.3 is 5.97 Å². The van der Waals surface area contributed by atoms with E-state index in [2.05, 4.69) is 20.2 Å². The standard InChI is InChI=1S/C8H8N4O2/c1-3-5-6(10-4(2)9-3)7(8(13)14)12-11-5/h1-2H3,(H,11,12)(H,13,14). The lowest BCUT2D eigenvalue weighted by Crippen LogP contribution is -1.99. The Bertz CT molecular complexity index is 517. The van der Waals surface area contributed by atoms with Gasteiger partial charge in [0.25, 0.3) is 0 Å². The number of aromatic amines is 1. The number of rotatable bonds is 1. The Morgan fingerprint density at radius 2 is 2.00 bits per heavy atom. The van der Waals surface area contributed by atoms with Crippen molar-refractivity contribution < 1.29 is 9.90 Å². The molecular weight excluding hydrogens is 184 g/mol. The van der Waals surface area contributed by atoms with Crippen LogP contribution in [0.1, 0.15) is 22.0 Å². The van der Waals surface area contributed by atoms with Gasteiger partial charge in [0.05, 0.1) is 5.69 Å². The lowest BCUT2D eigenvalue weighted by Gasteiger charge is -1.95. The first-order valence-corrected chi connectivity index (χ1v) is 4.02. The predicted octanol–water partition coefficient (Wildman–Crippen LogP) is 0.668. The molecule has 6 nitrogen and oxygen atoms in total. The number of aromatic nitrogens is 4. The van der Waals surface area contributed by atoms with Crippen LogP contribution in [0.3, 0.4) is 0 Å². The van der Waals surface area contributed by atoms with E-state index in [4.69, 9.17) is 5.11 Å². The van der Waals surface area contributed by atoms with Crippen LogP contribution >= 0.6 is 0 Å². The molecule has 0 aromatic carbocycles. The van der Waals surface area contributed by atoms with Gasteiger partial charge in [-0.05, 0) is 13.8 Å². The molecule has 2 heterocycles. The third-order valence-corrected chi connectivity index (χ3v) is 1.90. The summed E-state index contributed by atoms with van der Waals surface area (Å²) in [6.45, 7) is 3.48. The fraction of sp³-hybridized carbons (Fsp3) is 0.250. The van der Waals surface area contributed by atoms with Crippen molar-refractivity contribution in [3.63, 3.8) is 0 Å². The zero-order valence-electron chi connectivity index (χ0n) is 7.70. The zero-order chi connectivity index (χ0) is 10.3. The van der Waals surface area contributed by atoms with Crippen molar-refractivity contribution in [2.24, 2.45) is 0 Å². The molecule has 6 heteroatoms. The molecule has 2 N–H and O–H groups in total. The number of carboxylic acids is 1. The third kappa shape index (κ3) is 1.12. The number of fused-ring (bicyclic) bond motifs is 1. The van der Waals surface area contributed by atoms with Crippen LogP contribution in [0.5, 0.6) is 0 Å². The zero-order valence-corrected chi connectivity index (χ0v) is 7.70. The van der Waals surface area contributed by atoms with E-state index in [9.17, 15) is 4.79 Å². The van der Waals surface area contributed by atoms with Gasteiger partial charge in [-0.3, -0.25) is 5.10 Å². The quantitative estimate of drug-likeness (QED) is 0.692. The highest BCUT2D eigenvalue weighted by Crippen LogP contribution is 2.15. The predicted molar refractivity (Wildman–Crippen MR) is 48.1 cm³/mol. The van der Waals surface area contributed by atoms with E-state index in [1.807, 2.05) is 0 Å². The fourth-order valence-corrected chi connectivity index (χ4v) is 1.33. The second-order valence-electron chi connectivity index (χ2n) is 2.96. The van der Waals surface area contributed by atoms with E-state index in [0.717, 1.165) is 0 Å². The Labute approximate surface area is 79.0 Å². The van der Waals surface area contributed by atoms with Crippen LogP contribution in [0, 0.1) is 13.8 Å². The number of nitrogens with one attached hydrogen (secondary N) is 1. The molecule has 0 bridgehead atoms. The Kier molecular flexibility index (Phi) is 1.70. The van der Waals surface area contributed by atoms with Gasteiger partial charge in [0.15, 0.2) is 5.69 Å². The van der Waals surface area contributed by atoms with Gasteiger partial charge in [0, 0.05) is 0 Å². The molecule has 2 aromatic rings. The van der Waals surface area contributed by atoms with Crippen LogP contribution in [-0.2, 0) is 0 Å². The summed E-state index contributed by atoms with van der Waals surface area (Å²) in [6.07, 6.45) is 0. The number of hydrogen-bond donors (Lipinski definition) is 2. The second kappa shape index (κ2) is 2.76. The number of hydrogen-bond acceptors (Lipinski definition) is 4. The molecule has 0 spiro atoms. The first-order valence-electron chi connectivity index (χ1n) is 4.02. The highest BCUT2D eigenvalue weighted by Gasteiger charge is 2.15. The SMILES string of the molecule is Cc1nc(C)c2n[nH]c(C(=O)O)c2n1. The van der Waals surface area contributed by atoms with Crippen molar-refractivity contribution in [2.45, 2.75) is 13.8 Å². The van der Waals surface area contributed by atoms with Crippen LogP contribution in [0.15, 0.2) is 0 Å². The van der Waals surface area contributed by atoms with Crippen molar-refractivity contribution in [3.8, 4) is 0 Å². The summed E-state index contributed by atoms with van der Waals surface area (Å²) in [7, 11) is 0. The van der Waals surface area contributed by atoms with Crippen LogP contribution in [0.25, 0.3) is 11.0 Å². The van der Waals surface area contributed by atoms with Gasteiger partial charge in [-0.2, -0.15) is 5.10 Å². The fourth-order valence-electron chi connectivity index (χ4n) is 1.33. The molecule has 0 unspecified atom stereocenters. The molecule has 0 atom stereocenters. The summed E-state index contributed by atoms with van der Waals surface area (Å²) in [5.74, 6) is -0.524. The minimum Gasteiger partial charge on any atom is -0.476 e. The van der Waals surface area contributed by atoms with E-state index >= 15 is 0 Å². The Balaban J connectivity index is 2.85. The highest BCUT2D eigenvalue weighted by atomic mass is 16.4.